The first-order valence-corrected chi connectivity index (χ1v) is 5.42. The Bertz CT molecular complexity index is 532. The smallest absolute Gasteiger partial charge is 0.317 e. The van der Waals surface area contributed by atoms with E-state index in [1.54, 1.807) is 0 Å². The highest BCUT2D eigenvalue weighted by Gasteiger charge is 2.18. The summed E-state index contributed by atoms with van der Waals surface area (Å²) < 4.78 is 4.49. The van der Waals surface area contributed by atoms with E-state index in [4.69, 9.17) is 0 Å². The van der Waals surface area contributed by atoms with Crippen LogP contribution in [0.5, 0.6) is 0 Å². The molecule has 0 aliphatic heterocycles. The van der Waals surface area contributed by atoms with Gasteiger partial charge in [0.1, 0.15) is 6.42 Å². The summed E-state index contributed by atoms with van der Waals surface area (Å²) in [4.78, 5) is 22.3. The third-order valence-corrected chi connectivity index (χ3v) is 2.72. The highest BCUT2D eigenvalue weighted by Crippen LogP contribution is 2.22. The molecule has 3 nitrogen and oxygen atoms in total. The van der Waals surface area contributed by atoms with Crippen molar-refractivity contribution in [2.24, 2.45) is 0 Å². The Kier molecular flexibility index (Phi) is 3.24. The van der Waals surface area contributed by atoms with Crippen LogP contribution in [0.1, 0.15) is 34.3 Å². The number of hydrogen-bond acceptors (Lipinski definition) is 3. The van der Waals surface area contributed by atoms with E-state index < -0.39 is 0 Å². The third-order valence-electron chi connectivity index (χ3n) is 2.72. The number of aryl methyl sites for hydroxylation is 1. The van der Waals surface area contributed by atoms with Crippen LogP contribution in [0.2, 0.25) is 0 Å². The zero-order chi connectivity index (χ0) is 12.3. The lowest BCUT2D eigenvalue weighted by molar-refractivity contribution is -0.139. The summed E-state index contributed by atoms with van der Waals surface area (Å²) in [5.41, 5.74) is 2.70. The maximum Gasteiger partial charge on any atom is 0.317 e. The largest absolute Gasteiger partial charge is 0.468 e. The van der Waals surface area contributed by atoms with Crippen LogP contribution in [0.4, 0.5) is 0 Å². The molecule has 0 radical (unpaired) electrons. The standard InChI is InChI=1S/C14H12O3/c1-17-14(16)4-2-3-10-5-7-12-11(9-10)6-8-13(12)15/h5,7,9H,4,6,8H2,1H3. The maximum absolute atomic E-state index is 11.4. The number of esters is 1. The second kappa shape index (κ2) is 4.84. The van der Waals surface area contributed by atoms with Gasteiger partial charge >= 0.3 is 5.97 Å². The number of Topliss-reactive ketones (excluding diaryl/α,β-unsaturated/α-hetero) is 1. The van der Waals surface area contributed by atoms with Gasteiger partial charge in [-0.1, -0.05) is 11.8 Å². The molecule has 0 spiro atoms. The van der Waals surface area contributed by atoms with Crippen molar-refractivity contribution in [2.45, 2.75) is 19.3 Å². The second-order valence-electron chi connectivity index (χ2n) is 3.85. The fourth-order valence-corrected chi connectivity index (χ4v) is 1.82. The van der Waals surface area contributed by atoms with Gasteiger partial charge < -0.3 is 4.74 Å². The molecular weight excluding hydrogens is 216 g/mol. The number of carbonyl (C=O) groups excluding carboxylic acids is 2. The van der Waals surface area contributed by atoms with Gasteiger partial charge in [-0.15, -0.1) is 0 Å². The number of carbonyl (C=O) groups is 2. The molecule has 0 heterocycles. The number of fused-ring (bicyclic) bond motifs is 1. The molecule has 2 rings (SSSR count). The van der Waals surface area contributed by atoms with E-state index in [0.717, 1.165) is 23.1 Å². The Labute approximate surface area is 99.8 Å². The zero-order valence-corrected chi connectivity index (χ0v) is 9.58. The lowest BCUT2D eigenvalue weighted by Crippen LogP contribution is -1.97. The molecule has 0 fully saturated rings. The average Bonchev–Trinajstić information content (AvgIpc) is 2.70. The van der Waals surface area contributed by atoms with Crippen molar-refractivity contribution in [3.63, 3.8) is 0 Å². The first-order chi connectivity index (χ1) is 8.20. The molecule has 0 bridgehead atoms. The summed E-state index contributed by atoms with van der Waals surface area (Å²) in [6, 6.07) is 5.55. The van der Waals surface area contributed by atoms with Gasteiger partial charge in [0, 0.05) is 17.5 Å². The van der Waals surface area contributed by atoms with Crippen molar-refractivity contribution < 1.29 is 14.3 Å². The minimum Gasteiger partial charge on any atom is -0.468 e. The Morgan fingerprint density at radius 1 is 1.41 bits per heavy atom. The molecule has 0 atom stereocenters. The van der Waals surface area contributed by atoms with E-state index in [1.807, 2.05) is 18.2 Å². The molecule has 86 valence electrons. The van der Waals surface area contributed by atoms with Crippen LogP contribution in [-0.2, 0) is 16.0 Å². The van der Waals surface area contributed by atoms with Crippen LogP contribution >= 0.6 is 0 Å². The van der Waals surface area contributed by atoms with E-state index >= 15 is 0 Å². The van der Waals surface area contributed by atoms with Gasteiger partial charge in [-0.2, -0.15) is 0 Å². The fourth-order valence-electron chi connectivity index (χ4n) is 1.82. The average molecular weight is 228 g/mol. The minimum absolute atomic E-state index is 0.0898. The van der Waals surface area contributed by atoms with Gasteiger partial charge in [-0.3, -0.25) is 9.59 Å². The summed E-state index contributed by atoms with van der Waals surface area (Å²) in [6.07, 6.45) is 1.47. The van der Waals surface area contributed by atoms with Crippen LogP contribution in [-0.4, -0.2) is 18.9 Å². The van der Waals surface area contributed by atoms with Crippen molar-refractivity contribution in [3.8, 4) is 11.8 Å². The molecule has 1 aliphatic carbocycles. The van der Waals surface area contributed by atoms with Crippen LogP contribution < -0.4 is 0 Å². The molecule has 1 aromatic carbocycles. The molecule has 0 N–H and O–H groups in total. The van der Waals surface area contributed by atoms with Crippen molar-refractivity contribution in [3.05, 3.63) is 34.9 Å². The number of ether oxygens (including phenoxy) is 1. The van der Waals surface area contributed by atoms with E-state index in [2.05, 4.69) is 16.6 Å². The van der Waals surface area contributed by atoms with Crippen LogP contribution in [0.25, 0.3) is 0 Å². The number of hydrogen-bond donors (Lipinski definition) is 0. The molecular formula is C14H12O3. The molecule has 1 aliphatic rings. The normalized spacial score (nSPS) is 12.6. The van der Waals surface area contributed by atoms with Crippen molar-refractivity contribution in [1.29, 1.82) is 0 Å². The summed E-state index contributed by atoms with van der Waals surface area (Å²) in [5, 5.41) is 0. The quantitative estimate of drug-likeness (QED) is 0.543. The van der Waals surface area contributed by atoms with Crippen molar-refractivity contribution in [2.75, 3.05) is 7.11 Å². The highest BCUT2D eigenvalue weighted by atomic mass is 16.5. The van der Waals surface area contributed by atoms with Crippen molar-refractivity contribution >= 4 is 11.8 Å². The first kappa shape index (κ1) is 11.4. The van der Waals surface area contributed by atoms with Crippen LogP contribution in [0.3, 0.4) is 0 Å². The monoisotopic (exact) mass is 228 g/mol. The molecule has 1 aromatic rings. The van der Waals surface area contributed by atoms with Gasteiger partial charge in [-0.05, 0) is 30.2 Å². The number of rotatable bonds is 1. The summed E-state index contributed by atoms with van der Waals surface area (Å²) in [7, 11) is 1.34. The molecule has 0 unspecified atom stereocenters. The summed E-state index contributed by atoms with van der Waals surface area (Å²) in [6.45, 7) is 0. The molecule has 0 aromatic heterocycles. The van der Waals surface area contributed by atoms with Gasteiger partial charge in [0.15, 0.2) is 5.78 Å². The van der Waals surface area contributed by atoms with Gasteiger partial charge in [-0.25, -0.2) is 0 Å². The van der Waals surface area contributed by atoms with Crippen molar-refractivity contribution in [1.82, 2.24) is 0 Å². The topological polar surface area (TPSA) is 43.4 Å². The van der Waals surface area contributed by atoms with Crippen LogP contribution in [0.15, 0.2) is 18.2 Å². The molecule has 0 saturated carbocycles. The lowest BCUT2D eigenvalue weighted by atomic mass is 10.1. The van der Waals surface area contributed by atoms with Crippen LogP contribution in [0, 0.1) is 11.8 Å². The third kappa shape index (κ3) is 2.54. The van der Waals surface area contributed by atoms with Gasteiger partial charge in [0.25, 0.3) is 0 Å². The Balaban J connectivity index is 2.14. The summed E-state index contributed by atoms with van der Waals surface area (Å²) >= 11 is 0. The summed E-state index contributed by atoms with van der Waals surface area (Å²) in [5.74, 6) is 5.50. The molecule has 17 heavy (non-hydrogen) atoms. The fraction of sp³-hybridized carbons (Fsp3) is 0.286. The van der Waals surface area contributed by atoms with Gasteiger partial charge in [0.2, 0.25) is 0 Å². The number of methoxy groups -OCH3 is 1. The van der Waals surface area contributed by atoms with E-state index in [1.165, 1.54) is 7.11 Å². The second-order valence-corrected chi connectivity index (χ2v) is 3.85. The molecule has 3 heteroatoms. The van der Waals surface area contributed by atoms with E-state index in [-0.39, 0.29) is 18.2 Å². The van der Waals surface area contributed by atoms with E-state index in [0.29, 0.717) is 6.42 Å². The predicted molar refractivity (Wildman–Crippen MR) is 62.6 cm³/mol. The maximum atomic E-state index is 11.4. The number of benzene rings is 1. The Hall–Kier alpha value is -2.08. The zero-order valence-electron chi connectivity index (χ0n) is 9.58. The first-order valence-electron chi connectivity index (χ1n) is 5.42. The van der Waals surface area contributed by atoms with Gasteiger partial charge in [0.05, 0.1) is 7.11 Å². The van der Waals surface area contributed by atoms with E-state index in [9.17, 15) is 9.59 Å². The highest BCUT2D eigenvalue weighted by molar-refractivity contribution is 6.00. The Morgan fingerprint density at radius 3 is 3.00 bits per heavy atom. The predicted octanol–water partition coefficient (Wildman–Crippen LogP) is 1.73. The molecule has 0 saturated heterocycles. The lowest BCUT2D eigenvalue weighted by Gasteiger charge is -1.97. The molecule has 0 amide bonds. The number of ketones is 1. The SMILES string of the molecule is COC(=O)CC#Cc1ccc2c(c1)CCC2=O. The minimum atomic E-state index is -0.339. The Morgan fingerprint density at radius 2 is 2.24 bits per heavy atom.